The number of rotatable bonds is 3. The molecule has 0 aliphatic carbocycles. The number of hydrogen-bond donors (Lipinski definition) is 3. The van der Waals surface area contributed by atoms with E-state index in [2.05, 4.69) is 29.9 Å². The van der Waals surface area contributed by atoms with Crippen molar-refractivity contribution in [1.82, 2.24) is 29.9 Å². The van der Waals surface area contributed by atoms with Gasteiger partial charge in [-0.2, -0.15) is 0 Å². The number of nitrogens with two attached hydrogens (primary N) is 3. The van der Waals surface area contributed by atoms with E-state index < -0.39 is 0 Å². The summed E-state index contributed by atoms with van der Waals surface area (Å²) in [5.74, 6) is 0. The van der Waals surface area contributed by atoms with Gasteiger partial charge in [0.2, 0.25) is 0 Å². The lowest BCUT2D eigenvalue weighted by atomic mass is 10.3. The van der Waals surface area contributed by atoms with Crippen LogP contribution in [0.15, 0.2) is 89.3 Å². The molecule has 6 aromatic rings. The van der Waals surface area contributed by atoms with Crippen LogP contribution in [-0.2, 0) is 0 Å². The van der Waals surface area contributed by atoms with Gasteiger partial charge in [-0.15, -0.1) is 34.0 Å². The molecule has 0 saturated carbocycles. The molecule has 180 valence electrons. The molecule has 0 radical (unpaired) electrons. The lowest BCUT2D eigenvalue weighted by Crippen LogP contribution is -1.84. The summed E-state index contributed by atoms with van der Waals surface area (Å²) in [6.07, 6.45) is 5.22. The molecule has 6 N–H and O–H groups in total. The van der Waals surface area contributed by atoms with Crippen molar-refractivity contribution in [2.24, 2.45) is 0 Å². The highest BCUT2D eigenvalue weighted by atomic mass is 32.1. The topological polar surface area (TPSA) is 155 Å². The predicted octanol–water partition coefficient (Wildman–Crippen LogP) is 5.36. The molecule has 0 aromatic carbocycles. The van der Waals surface area contributed by atoms with Gasteiger partial charge in [0.1, 0.15) is 17.1 Å². The van der Waals surface area contributed by atoms with Crippen LogP contribution in [0.3, 0.4) is 0 Å². The highest BCUT2D eigenvalue weighted by Crippen LogP contribution is 2.22. The molecule has 0 amide bonds. The second kappa shape index (κ2) is 12.4. The van der Waals surface area contributed by atoms with E-state index in [9.17, 15) is 0 Å². The first-order valence-corrected chi connectivity index (χ1v) is 13.1. The van der Waals surface area contributed by atoms with E-state index in [-0.39, 0.29) is 0 Å². The number of nitrogens with zero attached hydrogens (tertiary/aromatic N) is 6. The summed E-state index contributed by atoms with van der Waals surface area (Å²) in [6.45, 7) is 0. The second-order valence-electron chi connectivity index (χ2n) is 6.86. The van der Waals surface area contributed by atoms with Gasteiger partial charge in [0, 0.05) is 34.7 Å². The Kier molecular flexibility index (Phi) is 8.59. The molecule has 9 nitrogen and oxygen atoms in total. The van der Waals surface area contributed by atoms with Gasteiger partial charge in [-0.3, -0.25) is 15.0 Å². The predicted molar refractivity (Wildman–Crippen MR) is 149 cm³/mol. The molecule has 6 heterocycles. The molecule has 0 fully saturated rings. The van der Waals surface area contributed by atoms with Crippen molar-refractivity contribution in [3.8, 4) is 34.2 Å². The van der Waals surface area contributed by atoms with Crippen molar-refractivity contribution < 1.29 is 0 Å². The van der Waals surface area contributed by atoms with E-state index in [1.807, 2.05) is 70.7 Å². The normalized spacial score (nSPS) is 10.0. The Morgan fingerprint density at radius 1 is 0.417 bits per heavy atom. The first-order chi connectivity index (χ1) is 17.6. The molecule has 0 unspecified atom stereocenters. The lowest BCUT2D eigenvalue weighted by Gasteiger charge is -1.91. The summed E-state index contributed by atoms with van der Waals surface area (Å²) in [5.41, 5.74) is 21.6. The highest BCUT2D eigenvalue weighted by Gasteiger charge is 2.03. The Labute approximate surface area is 219 Å². The van der Waals surface area contributed by atoms with Gasteiger partial charge in [0.25, 0.3) is 0 Å². The van der Waals surface area contributed by atoms with Gasteiger partial charge in [0.05, 0.1) is 17.1 Å². The molecule has 0 bridgehead atoms. The van der Waals surface area contributed by atoms with Crippen LogP contribution in [0.5, 0.6) is 0 Å². The molecule has 0 aliphatic rings. The SMILES string of the molecule is Nc1nc(-c2ccccn2)cs1.Nc1nc(-c2ccccn2)cs1.Nc1nc(-c2ccccn2)cs1. The number of hydrogen-bond acceptors (Lipinski definition) is 12. The fourth-order valence-corrected chi connectivity index (χ4v) is 4.43. The molecule has 12 heteroatoms. The van der Waals surface area contributed by atoms with Crippen LogP contribution in [0, 0.1) is 0 Å². The molecule has 0 saturated heterocycles. The number of pyridine rings is 3. The first kappa shape index (κ1) is 24.9. The van der Waals surface area contributed by atoms with E-state index in [4.69, 9.17) is 17.2 Å². The number of thiazole rings is 3. The Bertz CT molecular complexity index is 1290. The average Bonchev–Trinajstić information content (AvgIpc) is 3.68. The summed E-state index contributed by atoms with van der Waals surface area (Å²) >= 11 is 4.28. The highest BCUT2D eigenvalue weighted by molar-refractivity contribution is 7.14. The molecular formula is C24H21N9S3. The summed E-state index contributed by atoms with van der Waals surface area (Å²) < 4.78 is 0. The third-order valence-electron chi connectivity index (χ3n) is 4.35. The largest absolute Gasteiger partial charge is 0.375 e. The number of aromatic nitrogens is 6. The summed E-state index contributed by atoms with van der Waals surface area (Å²) in [5, 5.41) is 7.44. The zero-order valence-corrected chi connectivity index (χ0v) is 21.2. The maximum absolute atomic E-state index is 5.50. The summed E-state index contributed by atoms with van der Waals surface area (Å²) in [6, 6.07) is 17.1. The van der Waals surface area contributed by atoms with Gasteiger partial charge < -0.3 is 17.2 Å². The van der Waals surface area contributed by atoms with Crippen molar-refractivity contribution in [2.45, 2.75) is 0 Å². The second-order valence-corrected chi connectivity index (χ2v) is 9.53. The van der Waals surface area contributed by atoms with Crippen LogP contribution in [0.1, 0.15) is 0 Å². The monoisotopic (exact) mass is 531 g/mol. The van der Waals surface area contributed by atoms with Gasteiger partial charge in [-0.25, -0.2) is 15.0 Å². The third-order valence-corrected chi connectivity index (χ3v) is 6.37. The van der Waals surface area contributed by atoms with E-state index >= 15 is 0 Å². The Balaban J connectivity index is 0.000000127. The van der Waals surface area contributed by atoms with Crippen molar-refractivity contribution in [3.05, 3.63) is 89.3 Å². The maximum atomic E-state index is 5.50. The standard InChI is InChI=1S/3C8H7N3S/c3*9-8-11-7(5-12-8)6-3-1-2-4-10-6/h3*1-5H,(H2,9,11). The minimum absolute atomic E-state index is 0.579. The van der Waals surface area contributed by atoms with Gasteiger partial charge >= 0.3 is 0 Å². The zero-order valence-electron chi connectivity index (χ0n) is 18.8. The van der Waals surface area contributed by atoms with Crippen LogP contribution in [-0.4, -0.2) is 29.9 Å². The molecular weight excluding hydrogens is 511 g/mol. The lowest BCUT2D eigenvalue weighted by molar-refractivity contribution is 1.28. The Morgan fingerprint density at radius 3 is 0.917 bits per heavy atom. The summed E-state index contributed by atoms with van der Waals surface area (Å²) in [4.78, 5) is 24.8. The third kappa shape index (κ3) is 7.12. The van der Waals surface area contributed by atoms with Gasteiger partial charge in [-0.05, 0) is 36.4 Å². The first-order valence-electron chi connectivity index (χ1n) is 10.5. The number of anilines is 3. The molecule has 0 aliphatic heterocycles. The molecule has 6 rings (SSSR count). The average molecular weight is 532 g/mol. The van der Waals surface area contributed by atoms with Crippen LogP contribution in [0.2, 0.25) is 0 Å². The van der Waals surface area contributed by atoms with Gasteiger partial charge in [-0.1, -0.05) is 18.2 Å². The quantitative estimate of drug-likeness (QED) is 0.273. The molecule has 0 spiro atoms. The maximum Gasteiger partial charge on any atom is 0.180 e. The van der Waals surface area contributed by atoms with Crippen LogP contribution < -0.4 is 17.2 Å². The molecule has 36 heavy (non-hydrogen) atoms. The minimum atomic E-state index is 0.579. The molecule has 6 aromatic heterocycles. The van der Waals surface area contributed by atoms with Crippen molar-refractivity contribution in [3.63, 3.8) is 0 Å². The van der Waals surface area contributed by atoms with Crippen LogP contribution >= 0.6 is 34.0 Å². The fourth-order valence-electron chi connectivity index (χ4n) is 2.76. The van der Waals surface area contributed by atoms with Crippen LogP contribution in [0.4, 0.5) is 15.4 Å². The zero-order chi connectivity index (χ0) is 25.2. The Morgan fingerprint density at radius 2 is 0.722 bits per heavy atom. The minimum Gasteiger partial charge on any atom is -0.375 e. The Hall–Kier alpha value is -4.26. The van der Waals surface area contributed by atoms with E-state index in [0.717, 1.165) is 34.2 Å². The van der Waals surface area contributed by atoms with E-state index in [1.54, 1.807) is 18.6 Å². The van der Waals surface area contributed by atoms with Gasteiger partial charge in [0.15, 0.2) is 15.4 Å². The van der Waals surface area contributed by atoms with Crippen LogP contribution in [0.25, 0.3) is 34.2 Å². The smallest absolute Gasteiger partial charge is 0.180 e. The molecule has 0 atom stereocenters. The fraction of sp³-hybridized carbons (Fsp3) is 0. The van der Waals surface area contributed by atoms with E-state index in [1.165, 1.54) is 34.0 Å². The van der Waals surface area contributed by atoms with Crippen molar-refractivity contribution in [2.75, 3.05) is 17.2 Å². The van der Waals surface area contributed by atoms with Crippen molar-refractivity contribution in [1.29, 1.82) is 0 Å². The number of nitrogen functional groups attached to an aromatic ring is 3. The van der Waals surface area contributed by atoms with Crippen molar-refractivity contribution >= 4 is 49.4 Å². The summed E-state index contributed by atoms with van der Waals surface area (Å²) in [7, 11) is 0. The van der Waals surface area contributed by atoms with E-state index in [0.29, 0.717) is 15.4 Å².